The van der Waals surface area contributed by atoms with Gasteiger partial charge in [-0.05, 0) is 42.0 Å². The van der Waals surface area contributed by atoms with Crippen molar-refractivity contribution in [1.29, 1.82) is 0 Å². The van der Waals surface area contributed by atoms with Crippen LogP contribution in [0.3, 0.4) is 0 Å². The van der Waals surface area contributed by atoms with E-state index in [9.17, 15) is 17.6 Å². The van der Waals surface area contributed by atoms with Gasteiger partial charge in [-0.25, -0.2) is 17.8 Å². The molecule has 0 spiro atoms. The normalized spacial score (nSPS) is 14.3. The van der Waals surface area contributed by atoms with Gasteiger partial charge in [-0.15, -0.1) is 0 Å². The predicted octanol–water partition coefficient (Wildman–Crippen LogP) is 2.31. The summed E-state index contributed by atoms with van der Waals surface area (Å²) in [6, 6.07) is 11.2. The summed E-state index contributed by atoms with van der Waals surface area (Å²) in [5.41, 5.74) is 1.15. The van der Waals surface area contributed by atoms with Gasteiger partial charge < -0.3 is 9.80 Å². The number of nitrogens with one attached hydrogen (secondary N) is 1. The van der Waals surface area contributed by atoms with Gasteiger partial charge in [-0.3, -0.25) is 14.5 Å². The molecule has 1 saturated heterocycles. The fraction of sp³-hybridized carbons (Fsp3) is 0.227. The van der Waals surface area contributed by atoms with Crippen LogP contribution in [0.5, 0.6) is 0 Å². The number of hydrogen-bond donors (Lipinski definition) is 1. The second-order valence-corrected chi connectivity index (χ2v) is 9.05. The lowest BCUT2D eigenvalue weighted by Crippen LogP contribution is -2.49. The van der Waals surface area contributed by atoms with Crippen molar-refractivity contribution in [2.24, 2.45) is 0 Å². The molecule has 0 radical (unpaired) electrons. The average molecular weight is 456 g/mol. The molecule has 4 rings (SSSR count). The fourth-order valence-electron chi connectivity index (χ4n) is 3.44. The molecule has 1 N–H and O–H groups in total. The number of hydrogen-bond acceptors (Lipinski definition) is 6. The Kier molecular flexibility index (Phi) is 6.31. The van der Waals surface area contributed by atoms with Gasteiger partial charge in [-0.1, -0.05) is 12.1 Å². The van der Waals surface area contributed by atoms with E-state index in [2.05, 4.69) is 19.6 Å². The molecule has 0 atom stereocenters. The van der Waals surface area contributed by atoms with Crippen LogP contribution in [0, 0.1) is 5.82 Å². The number of sulfonamides is 1. The number of amides is 1. The summed E-state index contributed by atoms with van der Waals surface area (Å²) in [5, 5.41) is 0. The van der Waals surface area contributed by atoms with Gasteiger partial charge in [-0.2, -0.15) is 0 Å². The molecule has 0 bridgehead atoms. The van der Waals surface area contributed by atoms with Crippen molar-refractivity contribution in [3.05, 3.63) is 78.5 Å². The first-order valence-electron chi connectivity index (χ1n) is 10.1. The summed E-state index contributed by atoms with van der Waals surface area (Å²) in [4.78, 5) is 24.9. The molecular formula is C22H22FN5O3S. The van der Waals surface area contributed by atoms with Crippen molar-refractivity contribution >= 4 is 27.4 Å². The molecule has 0 unspecified atom stereocenters. The predicted molar refractivity (Wildman–Crippen MR) is 118 cm³/mol. The highest BCUT2D eigenvalue weighted by atomic mass is 32.2. The van der Waals surface area contributed by atoms with Crippen LogP contribution in [-0.2, 0) is 21.2 Å². The van der Waals surface area contributed by atoms with E-state index >= 15 is 0 Å². The number of benzene rings is 2. The Bertz CT molecular complexity index is 1160. The molecule has 1 aliphatic heterocycles. The molecule has 10 heteroatoms. The highest BCUT2D eigenvalue weighted by Gasteiger charge is 2.22. The first-order chi connectivity index (χ1) is 15.4. The summed E-state index contributed by atoms with van der Waals surface area (Å²) in [7, 11) is -3.82. The van der Waals surface area contributed by atoms with E-state index in [0.29, 0.717) is 31.9 Å². The Balaban J connectivity index is 1.32. The number of anilines is 2. The minimum Gasteiger partial charge on any atom is -0.352 e. The molecule has 1 aliphatic rings. The van der Waals surface area contributed by atoms with Crippen molar-refractivity contribution in [3.8, 4) is 0 Å². The van der Waals surface area contributed by atoms with Crippen molar-refractivity contribution in [2.45, 2.75) is 11.3 Å². The Hall–Kier alpha value is -3.53. The summed E-state index contributed by atoms with van der Waals surface area (Å²) in [6.07, 6.45) is 5.22. The van der Waals surface area contributed by atoms with E-state index in [1.807, 2.05) is 4.90 Å². The first kappa shape index (κ1) is 21.7. The summed E-state index contributed by atoms with van der Waals surface area (Å²) in [5.74, 6) is 0.315. The Labute approximate surface area is 185 Å². The third-order valence-corrected chi connectivity index (χ3v) is 6.59. The molecule has 32 heavy (non-hydrogen) atoms. The maximum Gasteiger partial charge on any atom is 0.261 e. The number of halogens is 1. The Morgan fingerprint density at radius 3 is 2.28 bits per heavy atom. The molecule has 1 aromatic heterocycles. The smallest absolute Gasteiger partial charge is 0.261 e. The molecular weight excluding hydrogens is 433 g/mol. The van der Waals surface area contributed by atoms with Crippen LogP contribution in [0.4, 0.5) is 15.9 Å². The van der Waals surface area contributed by atoms with E-state index in [1.165, 1.54) is 12.1 Å². The van der Waals surface area contributed by atoms with E-state index in [0.717, 1.165) is 23.5 Å². The van der Waals surface area contributed by atoms with Crippen molar-refractivity contribution in [3.63, 3.8) is 0 Å². The lowest BCUT2D eigenvalue weighted by Gasteiger charge is -2.35. The van der Waals surface area contributed by atoms with Crippen LogP contribution in [0.15, 0.2) is 72.0 Å². The number of nitrogens with zero attached hydrogens (tertiary/aromatic N) is 4. The van der Waals surface area contributed by atoms with E-state index < -0.39 is 15.8 Å². The summed E-state index contributed by atoms with van der Waals surface area (Å²) in [6.45, 7) is 2.58. The highest BCUT2D eigenvalue weighted by Crippen LogP contribution is 2.18. The van der Waals surface area contributed by atoms with E-state index in [1.54, 1.807) is 42.9 Å². The van der Waals surface area contributed by atoms with Crippen LogP contribution in [-0.4, -0.2) is 55.4 Å². The molecule has 2 aromatic carbocycles. The SMILES string of the molecule is O=C(Cc1ccc(NS(=O)(=O)c2ccc(F)cc2)cc1)N1CCN(c2cnccn2)CC1. The van der Waals surface area contributed by atoms with Gasteiger partial charge in [0, 0.05) is 44.3 Å². The zero-order valence-electron chi connectivity index (χ0n) is 17.2. The van der Waals surface area contributed by atoms with Crippen LogP contribution in [0.1, 0.15) is 5.56 Å². The minimum absolute atomic E-state index is 0.0171. The second-order valence-electron chi connectivity index (χ2n) is 7.36. The van der Waals surface area contributed by atoms with Crippen molar-refractivity contribution in [2.75, 3.05) is 35.8 Å². The maximum atomic E-state index is 13.0. The van der Waals surface area contributed by atoms with Crippen molar-refractivity contribution in [1.82, 2.24) is 14.9 Å². The molecule has 166 valence electrons. The molecule has 3 aromatic rings. The molecule has 1 fully saturated rings. The zero-order valence-corrected chi connectivity index (χ0v) is 18.0. The van der Waals surface area contributed by atoms with Crippen molar-refractivity contribution < 1.29 is 17.6 Å². The van der Waals surface area contributed by atoms with Gasteiger partial charge in [0.2, 0.25) is 5.91 Å². The number of rotatable bonds is 6. The summed E-state index contributed by atoms with van der Waals surface area (Å²) >= 11 is 0. The monoisotopic (exact) mass is 455 g/mol. The van der Waals surface area contributed by atoms with Gasteiger partial charge >= 0.3 is 0 Å². The standard InChI is InChI=1S/C22H22FN5O3S/c23-18-3-7-20(8-4-18)32(30,31)26-19-5-1-17(2-6-19)15-22(29)28-13-11-27(12-14-28)21-16-24-9-10-25-21/h1-10,16,26H,11-15H2. The number of carbonyl (C=O) groups is 1. The first-order valence-corrected chi connectivity index (χ1v) is 11.6. The van der Waals surface area contributed by atoms with Crippen LogP contribution in [0.25, 0.3) is 0 Å². The molecule has 8 nitrogen and oxygen atoms in total. The summed E-state index contributed by atoms with van der Waals surface area (Å²) < 4.78 is 40.3. The zero-order chi connectivity index (χ0) is 22.6. The lowest BCUT2D eigenvalue weighted by molar-refractivity contribution is -0.130. The van der Waals surface area contributed by atoms with Crippen LogP contribution in [0.2, 0.25) is 0 Å². The van der Waals surface area contributed by atoms with E-state index in [-0.39, 0.29) is 17.2 Å². The number of piperazine rings is 1. The third kappa shape index (κ3) is 5.20. The molecule has 0 aliphatic carbocycles. The fourth-order valence-corrected chi connectivity index (χ4v) is 4.50. The largest absolute Gasteiger partial charge is 0.352 e. The van der Waals surface area contributed by atoms with Crippen LogP contribution >= 0.6 is 0 Å². The van der Waals surface area contributed by atoms with Gasteiger partial charge in [0.05, 0.1) is 17.5 Å². The van der Waals surface area contributed by atoms with Crippen LogP contribution < -0.4 is 9.62 Å². The Morgan fingerprint density at radius 2 is 1.66 bits per heavy atom. The molecule has 2 heterocycles. The van der Waals surface area contributed by atoms with Gasteiger partial charge in [0.1, 0.15) is 11.6 Å². The number of carbonyl (C=O) groups excluding carboxylic acids is 1. The third-order valence-electron chi connectivity index (χ3n) is 5.19. The maximum absolute atomic E-state index is 13.0. The topological polar surface area (TPSA) is 95.5 Å². The minimum atomic E-state index is -3.82. The Morgan fingerprint density at radius 1 is 0.969 bits per heavy atom. The van der Waals surface area contributed by atoms with E-state index in [4.69, 9.17) is 0 Å². The lowest BCUT2D eigenvalue weighted by atomic mass is 10.1. The quantitative estimate of drug-likeness (QED) is 0.613. The van der Waals surface area contributed by atoms with Gasteiger partial charge in [0.15, 0.2) is 0 Å². The second kappa shape index (κ2) is 9.31. The average Bonchev–Trinajstić information content (AvgIpc) is 2.81. The molecule has 0 saturated carbocycles. The highest BCUT2D eigenvalue weighted by molar-refractivity contribution is 7.92. The van der Waals surface area contributed by atoms with Gasteiger partial charge in [0.25, 0.3) is 10.0 Å². The number of aromatic nitrogens is 2. The molecule has 1 amide bonds.